The van der Waals surface area contributed by atoms with Crippen molar-refractivity contribution in [2.45, 2.75) is 0 Å². The molecule has 5 N–H and O–H groups in total. The van der Waals surface area contributed by atoms with Gasteiger partial charge in [-0.15, -0.1) is 0 Å². The molecule has 0 bridgehead atoms. The number of amides is 2. The Morgan fingerprint density at radius 3 is 1.59 bits per heavy atom. The average molecular weight is 364 g/mol. The summed E-state index contributed by atoms with van der Waals surface area (Å²) >= 11 is 0. The summed E-state index contributed by atoms with van der Waals surface area (Å²) in [6, 6.07) is 16.1. The lowest BCUT2D eigenvalue weighted by Crippen LogP contribution is -2.13. The molecule has 0 heterocycles. The fourth-order valence-corrected chi connectivity index (χ4v) is 2.32. The van der Waals surface area contributed by atoms with Crippen molar-refractivity contribution in [1.29, 1.82) is 0 Å². The largest absolute Gasteiger partial charge is 0.508 e. The van der Waals surface area contributed by atoms with Gasteiger partial charge in [-0.05, 0) is 66.7 Å². The zero-order valence-electron chi connectivity index (χ0n) is 14.0. The SMILES string of the molecule is O=C(Nc1ccc(NC(=O)c2ccc(O)c(O)c2)cc1)c1ccc(O)cc1. The third kappa shape index (κ3) is 4.35. The van der Waals surface area contributed by atoms with Crippen LogP contribution in [0.4, 0.5) is 11.4 Å². The Hall–Kier alpha value is -4.00. The van der Waals surface area contributed by atoms with Gasteiger partial charge >= 0.3 is 0 Å². The van der Waals surface area contributed by atoms with Gasteiger partial charge in [-0.3, -0.25) is 9.59 Å². The normalized spacial score (nSPS) is 10.2. The molecule has 2 amide bonds. The Labute approximate surface area is 154 Å². The Balaban J connectivity index is 1.64. The van der Waals surface area contributed by atoms with Gasteiger partial charge in [0.05, 0.1) is 0 Å². The molecule has 0 radical (unpaired) electrons. The number of hydrogen-bond donors (Lipinski definition) is 5. The summed E-state index contributed by atoms with van der Waals surface area (Å²) in [4.78, 5) is 24.3. The van der Waals surface area contributed by atoms with Crippen molar-refractivity contribution in [2.24, 2.45) is 0 Å². The highest BCUT2D eigenvalue weighted by molar-refractivity contribution is 6.06. The van der Waals surface area contributed by atoms with Gasteiger partial charge in [0.2, 0.25) is 0 Å². The van der Waals surface area contributed by atoms with Gasteiger partial charge in [-0.1, -0.05) is 0 Å². The summed E-state index contributed by atoms with van der Waals surface area (Å²) in [5.41, 5.74) is 1.62. The van der Waals surface area contributed by atoms with Crippen LogP contribution in [0.15, 0.2) is 66.7 Å². The molecule has 3 aromatic rings. The summed E-state index contributed by atoms with van der Waals surface area (Å²) in [7, 11) is 0. The predicted molar refractivity (Wildman–Crippen MR) is 100 cm³/mol. The molecule has 0 aliphatic carbocycles. The third-order valence-electron chi connectivity index (χ3n) is 3.77. The minimum absolute atomic E-state index is 0.0774. The minimum atomic E-state index is -0.453. The maximum absolute atomic E-state index is 12.2. The lowest BCUT2D eigenvalue weighted by molar-refractivity contribution is 0.101. The molecule has 3 rings (SSSR count). The number of carbonyl (C=O) groups excluding carboxylic acids is 2. The zero-order chi connectivity index (χ0) is 19.4. The van der Waals surface area contributed by atoms with Gasteiger partial charge in [-0.2, -0.15) is 0 Å². The summed E-state index contributed by atoms with van der Waals surface area (Å²) in [6.07, 6.45) is 0. The van der Waals surface area contributed by atoms with Crippen molar-refractivity contribution < 1.29 is 24.9 Å². The number of carbonyl (C=O) groups is 2. The molecule has 7 nitrogen and oxygen atoms in total. The van der Waals surface area contributed by atoms with E-state index >= 15 is 0 Å². The van der Waals surface area contributed by atoms with E-state index in [1.54, 1.807) is 24.3 Å². The molecule has 0 aliphatic rings. The van der Waals surface area contributed by atoms with Gasteiger partial charge in [0, 0.05) is 22.5 Å². The fourth-order valence-electron chi connectivity index (χ4n) is 2.32. The molecule has 0 saturated carbocycles. The van der Waals surface area contributed by atoms with Crippen molar-refractivity contribution >= 4 is 23.2 Å². The van der Waals surface area contributed by atoms with Gasteiger partial charge in [-0.25, -0.2) is 0 Å². The van der Waals surface area contributed by atoms with Crippen molar-refractivity contribution in [2.75, 3.05) is 10.6 Å². The molecule has 3 aromatic carbocycles. The first kappa shape index (κ1) is 17.8. The van der Waals surface area contributed by atoms with Crippen LogP contribution in [0.2, 0.25) is 0 Å². The van der Waals surface area contributed by atoms with E-state index in [-0.39, 0.29) is 28.7 Å². The van der Waals surface area contributed by atoms with Crippen molar-refractivity contribution in [3.8, 4) is 17.2 Å². The van der Waals surface area contributed by atoms with E-state index in [0.717, 1.165) is 6.07 Å². The second-order valence-corrected chi connectivity index (χ2v) is 5.74. The Bertz CT molecular complexity index is 982. The van der Waals surface area contributed by atoms with Gasteiger partial charge in [0.15, 0.2) is 11.5 Å². The van der Waals surface area contributed by atoms with E-state index in [9.17, 15) is 24.9 Å². The van der Waals surface area contributed by atoms with Gasteiger partial charge in [0.1, 0.15) is 5.75 Å². The number of phenolic OH excluding ortho intramolecular Hbond substituents is 3. The molecule has 0 aliphatic heterocycles. The van der Waals surface area contributed by atoms with Gasteiger partial charge in [0.25, 0.3) is 11.8 Å². The smallest absolute Gasteiger partial charge is 0.255 e. The number of hydrogen-bond acceptors (Lipinski definition) is 5. The van der Waals surface area contributed by atoms with E-state index in [0.29, 0.717) is 16.9 Å². The van der Waals surface area contributed by atoms with Crippen molar-refractivity contribution in [1.82, 2.24) is 0 Å². The Morgan fingerprint density at radius 1 is 0.593 bits per heavy atom. The molecule has 0 unspecified atom stereocenters. The molecule has 0 aromatic heterocycles. The highest BCUT2D eigenvalue weighted by atomic mass is 16.3. The van der Waals surface area contributed by atoms with E-state index in [2.05, 4.69) is 10.6 Å². The first-order valence-corrected chi connectivity index (χ1v) is 7.96. The van der Waals surface area contributed by atoms with E-state index in [1.807, 2.05) is 0 Å². The molecule has 7 heteroatoms. The summed E-state index contributed by atoms with van der Waals surface area (Å²) < 4.78 is 0. The first-order valence-electron chi connectivity index (χ1n) is 7.96. The monoisotopic (exact) mass is 364 g/mol. The van der Waals surface area contributed by atoms with Crippen LogP contribution in [-0.2, 0) is 0 Å². The van der Waals surface area contributed by atoms with Crippen LogP contribution in [0.5, 0.6) is 17.2 Å². The predicted octanol–water partition coefficient (Wildman–Crippen LogP) is 3.31. The molecular weight excluding hydrogens is 348 g/mol. The lowest BCUT2D eigenvalue weighted by Gasteiger charge is -2.09. The van der Waals surface area contributed by atoms with Crippen LogP contribution < -0.4 is 10.6 Å². The number of anilines is 2. The zero-order valence-corrected chi connectivity index (χ0v) is 14.0. The van der Waals surface area contributed by atoms with Crippen LogP contribution in [0.1, 0.15) is 20.7 Å². The van der Waals surface area contributed by atoms with Crippen molar-refractivity contribution in [3.05, 3.63) is 77.9 Å². The maximum atomic E-state index is 12.2. The number of phenols is 3. The Kier molecular flexibility index (Phi) is 4.94. The first-order chi connectivity index (χ1) is 12.9. The van der Waals surface area contributed by atoms with E-state index in [1.165, 1.54) is 36.4 Å². The highest BCUT2D eigenvalue weighted by Crippen LogP contribution is 2.25. The lowest BCUT2D eigenvalue weighted by atomic mass is 10.1. The summed E-state index contributed by atoms with van der Waals surface area (Å²) in [5.74, 6) is -1.39. The molecule has 136 valence electrons. The maximum Gasteiger partial charge on any atom is 0.255 e. The summed E-state index contributed by atoms with van der Waals surface area (Å²) in [5, 5.41) is 33.4. The third-order valence-corrected chi connectivity index (χ3v) is 3.77. The molecule has 0 saturated heterocycles. The average Bonchev–Trinajstić information content (AvgIpc) is 2.66. The second-order valence-electron chi connectivity index (χ2n) is 5.74. The molecule has 0 fully saturated rings. The molecule has 0 atom stereocenters. The molecule has 0 spiro atoms. The number of rotatable bonds is 4. The van der Waals surface area contributed by atoms with E-state index < -0.39 is 5.91 Å². The standard InChI is InChI=1S/C20H16N2O5/c23-16-8-1-12(2-9-16)19(26)21-14-4-6-15(7-5-14)22-20(27)13-3-10-17(24)18(25)11-13/h1-11,23-25H,(H,21,26)(H,22,27). The fraction of sp³-hybridized carbons (Fsp3) is 0. The van der Waals surface area contributed by atoms with Gasteiger partial charge < -0.3 is 26.0 Å². The van der Waals surface area contributed by atoms with Crippen LogP contribution >= 0.6 is 0 Å². The van der Waals surface area contributed by atoms with Crippen LogP contribution in [0.25, 0.3) is 0 Å². The van der Waals surface area contributed by atoms with Crippen LogP contribution in [-0.4, -0.2) is 27.1 Å². The second kappa shape index (κ2) is 7.49. The number of benzene rings is 3. The topological polar surface area (TPSA) is 119 Å². The summed E-state index contributed by atoms with van der Waals surface area (Å²) in [6.45, 7) is 0. The molecular formula is C20H16N2O5. The van der Waals surface area contributed by atoms with Crippen LogP contribution in [0.3, 0.4) is 0 Å². The van der Waals surface area contributed by atoms with Crippen LogP contribution in [0, 0.1) is 0 Å². The highest BCUT2D eigenvalue weighted by Gasteiger charge is 2.10. The minimum Gasteiger partial charge on any atom is -0.508 e. The number of nitrogens with one attached hydrogen (secondary N) is 2. The molecule has 27 heavy (non-hydrogen) atoms. The van der Waals surface area contributed by atoms with E-state index in [4.69, 9.17) is 0 Å². The van der Waals surface area contributed by atoms with Crippen molar-refractivity contribution in [3.63, 3.8) is 0 Å². The Morgan fingerprint density at radius 2 is 1.07 bits per heavy atom. The quantitative estimate of drug-likeness (QED) is 0.455. The number of aromatic hydroxyl groups is 3.